The Morgan fingerprint density at radius 1 is 0.889 bits per heavy atom. The Kier molecular flexibility index (Phi) is 4.90. The van der Waals surface area contributed by atoms with Gasteiger partial charge in [-0.1, -0.05) is 66.6 Å². The summed E-state index contributed by atoms with van der Waals surface area (Å²) in [4.78, 5) is 45.7. The summed E-state index contributed by atoms with van der Waals surface area (Å²) in [7, 11) is 0. The minimum absolute atomic E-state index is 0.0369. The van der Waals surface area contributed by atoms with Gasteiger partial charge in [0.25, 0.3) is 11.8 Å². The van der Waals surface area contributed by atoms with Gasteiger partial charge in [-0.3, -0.25) is 14.4 Å². The molecule has 2 aliphatic heterocycles. The van der Waals surface area contributed by atoms with Crippen molar-refractivity contribution >= 4 is 28.5 Å². The first kappa shape index (κ1) is 22.3. The summed E-state index contributed by atoms with van der Waals surface area (Å²) in [5.74, 6) is -0.763. The smallest absolute Gasteiger partial charge is 0.291 e. The summed E-state index contributed by atoms with van der Waals surface area (Å²) in [5, 5.41) is 0.376. The zero-order valence-corrected chi connectivity index (χ0v) is 20.5. The van der Waals surface area contributed by atoms with Crippen LogP contribution in [-0.2, 0) is 16.9 Å². The fourth-order valence-electron chi connectivity index (χ4n) is 5.66. The Morgan fingerprint density at radius 3 is 2.36 bits per heavy atom. The van der Waals surface area contributed by atoms with E-state index in [1.54, 1.807) is 21.9 Å². The third-order valence-electron chi connectivity index (χ3n) is 7.30. The highest BCUT2D eigenvalue weighted by atomic mass is 16.3. The van der Waals surface area contributed by atoms with Gasteiger partial charge in [-0.25, -0.2) is 0 Å². The number of hydrogen-bond acceptors (Lipinski definition) is 4. The normalized spacial score (nSPS) is 18.4. The molecule has 0 saturated heterocycles. The summed E-state index contributed by atoms with van der Waals surface area (Å²) >= 11 is 0. The quantitative estimate of drug-likeness (QED) is 0.411. The maximum atomic E-state index is 14.6. The highest BCUT2D eigenvalue weighted by Crippen LogP contribution is 2.52. The molecule has 1 unspecified atom stereocenters. The fourth-order valence-corrected chi connectivity index (χ4v) is 5.66. The van der Waals surface area contributed by atoms with Crippen LogP contribution in [0.2, 0.25) is 0 Å². The first-order valence-corrected chi connectivity index (χ1v) is 12.2. The molecule has 2 aliphatic rings. The molecule has 6 nitrogen and oxygen atoms in total. The molecular formula is C30H26N2O4. The number of anilines is 1. The van der Waals surface area contributed by atoms with Gasteiger partial charge in [-0.15, -0.1) is 0 Å². The van der Waals surface area contributed by atoms with Crippen LogP contribution in [0.15, 0.2) is 75.9 Å². The van der Waals surface area contributed by atoms with Crippen molar-refractivity contribution in [3.05, 3.63) is 111 Å². The highest BCUT2D eigenvalue weighted by molar-refractivity contribution is 6.17. The molecule has 0 fully saturated rings. The lowest BCUT2D eigenvalue weighted by Crippen LogP contribution is -2.53. The Balaban J connectivity index is 1.65. The van der Waals surface area contributed by atoms with Gasteiger partial charge < -0.3 is 14.2 Å². The average Bonchev–Trinajstić information content (AvgIpc) is 3.26. The Bertz CT molecular complexity index is 1620. The van der Waals surface area contributed by atoms with Crippen LogP contribution in [0.4, 0.5) is 5.69 Å². The highest BCUT2D eigenvalue weighted by Gasteiger charge is 2.64. The largest absolute Gasteiger partial charge is 0.450 e. The van der Waals surface area contributed by atoms with Crippen molar-refractivity contribution in [3.63, 3.8) is 0 Å². The van der Waals surface area contributed by atoms with E-state index in [0.717, 1.165) is 16.7 Å². The Labute approximate surface area is 208 Å². The van der Waals surface area contributed by atoms with E-state index in [4.69, 9.17) is 4.42 Å². The zero-order valence-electron chi connectivity index (χ0n) is 20.5. The number of fused-ring (bicyclic) bond motifs is 5. The molecule has 0 radical (unpaired) electrons. The molecule has 36 heavy (non-hydrogen) atoms. The monoisotopic (exact) mass is 478 g/mol. The van der Waals surface area contributed by atoms with Crippen molar-refractivity contribution in [2.45, 2.75) is 39.3 Å². The fraction of sp³-hybridized carbons (Fsp3) is 0.233. The van der Waals surface area contributed by atoms with E-state index in [1.165, 1.54) is 0 Å². The molecule has 4 aromatic rings. The molecule has 3 aromatic carbocycles. The van der Waals surface area contributed by atoms with Gasteiger partial charge in [-0.05, 0) is 44.0 Å². The minimum atomic E-state index is -1.55. The Hall–Kier alpha value is -4.19. The van der Waals surface area contributed by atoms with Gasteiger partial charge in [0, 0.05) is 12.1 Å². The van der Waals surface area contributed by atoms with Gasteiger partial charge in [0.15, 0.2) is 11.0 Å². The van der Waals surface area contributed by atoms with E-state index in [2.05, 4.69) is 0 Å². The molecule has 0 N–H and O–H groups in total. The van der Waals surface area contributed by atoms with Crippen LogP contribution in [-0.4, -0.2) is 23.3 Å². The minimum Gasteiger partial charge on any atom is -0.450 e. The number of carbonyl (C=O) groups excluding carboxylic acids is 2. The van der Waals surface area contributed by atoms with E-state index in [1.807, 2.05) is 75.4 Å². The average molecular weight is 479 g/mol. The number of rotatable bonds is 4. The van der Waals surface area contributed by atoms with Crippen LogP contribution in [0, 0.1) is 13.8 Å². The molecule has 6 heteroatoms. The molecule has 0 aliphatic carbocycles. The van der Waals surface area contributed by atoms with Crippen LogP contribution in [0.5, 0.6) is 0 Å². The third kappa shape index (κ3) is 2.87. The topological polar surface area (TPSA) is 70.8 Å². The van der Waals surface area contributed by atoms with Crippen LogP contribution in [0.3, 0.4) is 0 Å². The zero-order chi connectivity index (χ0) is 25.2. The van der Waals surface area contributed by atoms with Gasteiger partial charge >= 0.3 is 0 Å². The van der Waals surface area contributed by atoms with E-state index in [0.29, 0.717) is 41.7 Å². The summed E-state index contributed by atoms with van der Waals surface area (Å²) in [6.45, 7) is 6.52. The predicted molar refractivity (Wildman–Crippen MR) is 138 cm³/mol. The lowest BCUT2D eigenvalue weighted by atomic mass is 9.84. The van der Waals surface area contributed by atoms with Gasteiger partial charge in [0.1, 0.15) is 5.58 Å². The third-order valence-corrected chi connectivity index (χ3v) is 7.30. The summed E-state index contributed by atoms with van der Waals surface area (Å²) in [6.07, 6.45) is 0.627. The van der Waals surface area contributed by atoms with Crippen LogP contribution < -0.4 is 10.3 Å². The van der Waals surface area contributed by atoms with E-state index < -0.39 is 11.4 Å². The molecule has 3 heterocycles. The van der Waals surface area contributed by atoms with Gasteiger partial charge in [-0.2, -0.15) is 0 Å². The van der Waals surface area contributed by atoms with Crippen LogP contribution in [0.1, 0.15) is 51.7 Å². The number of nitrogens with zero attached hydrogens (tertiary/aromatic N) is 2. The number of carbonyl (C=O) groups is 2. The number of amides is 2. The van der Waals surface area contributed by atoms with E-state index >= 15 is 0 Å². The maximum Gasteiger partial charge on any atom is 0.291 e. The second-order valence-electron chi connectivity index (χ2n) is 9.70. The first-order chi connectivity index (χ1) is 17.4. The summed E-state index contributed by atoms with van der Waals surface area (Å²) in [6, 6.07) is 20.8. The van der Waals surface area contributed by atoms with E-state index in [9.17, 15) is 14.4 Å². The second kappa shape index (κ2) is 7.92. The summed E-state index contributed by atoms with van der Waals surface area (Å²) < 4.78 is 6.08. The molecule has 6 rings (SSSR count). The molecule has 0 saturated carbocycles. The SMILES string of the molecule is CCCN1C(=O)c2oc3ccc(C)cc3c(=O)c2C12C(=O)N(Cc1ccc(C)cc1)c1ccccc12. The second-order valence-corrected chi connectivity index (χ2v) is 9.70. The molecule has 0 bridgehead atoms. The van der Waals surface area contributed by atoms with Crippen LogP contribution >= 0.6 is 0 Å². The first-order valence-electron chi connectivity index (χ1n) is 12.2. The van der Waals surface area contributed by atoms with Gasteiger partial charge in [0.2, 0.25) is 5.76 Å². The van der Waals surface area contributed by atoms with Crippen molar-refractivity contribution in [2.75, 3.05) is 11.4 Å². The molecule has 180 valence electrons. The standard InChI is InChI=1S/C30H26N2O4/c1-4-15-32-28(34)27-25(26(33)21-16-19(3)11-14-24(21)36-27)30(32)22-7-5-6-8-23(22)31(29(30)35)17-20-12-9-18(2)10-13-20/h5-14,16H,4,15,17H2,1-3H3. The van der Waals surface area contributed by atoms with Crippen molar-refractivity contribution in [1.29, 1.82) is 0 Å². The lowest BCUT2D eigenvalue weighted by Gasteiger charge is -2.34. The van der Waals surface area contributed by atoms with Crippen molar-refractivity contribution in [1.82, 2.24) is 4.90 Å². The molecular weight excluding hydrogens is 452 g/mol. The number of hydrogen-bond donors (Lipinski definition) is 0. The number of aryl methyl sites for hydroxylation is 2. The van der Waals surface area contributed by atoms with Gasteiger partial charge in [0.05, 0.1) is 23.2 Å². The van der Waals surface area contributed by atoms with E-state index in [-0.39, 0.29) is 22.7 Å². The summed E-state index contributed by atoms with van der Waals surface area (Å²) in [5.41, 5.74) is 2.93. The number of para-hydroxylation sites is 1. The van der Waals surface area contributed by atoms with Crippen molar-refractivity contribution in [3.8, 4) is 0 Å². The van der Waals surface area contributed by atoms with Crippen LogP contribution in [0.25, 0.3) is 11.0 Å². The lowest BCUT2D eigenvalue weighted by molar-refractivity contribution is -0.126. The maximum absolute atomic E-state index is 14.6. The molecule has 1 aromatic heterocycles. The van der Waals surface area contributed by atoms with Crippen molar-refractivity contribution in [2.24, 2.45) is 0 Å². The molecule has 2 amide bonds. The molecule has 1 atom stereocenters. The Morgan fingerprint density at radius 2 is 1.61 bits per heavy atom. The number of benzene rings is 3. The van der Waals surface area contributed by atoms with Crippen molar-refractivity contribution < 1.29 is 14.0 Å². The molecule has 1 spiro atoms. The predicted octanol–water partition coefficient (Wildman–Crippen LogP) is 5.07.